The number of carbonyl (C=O) groups is 1. The van der Waals surface area contributed by atoms with E-state index in [9.17, 15) is 4.79 Å². The van der Waals surface area contributed by atoms with Gasteiger partial charge in [-0.1, -0.05) is 27.5 Å². The van der Waals surface area contributed by atoms with Crippen LogP contribution in [0.3, 0.4) is 0 Å². The minimum atomic E-state index is -0.152. The van der Waals surface area contributed by atoms with Crippen LogP contribution in [0.1, 0.15) is 10.4 Å². The summed E-state index contributed by atoms with van der Waals surface area (Å²) in [5, 5.41) is 3.28. The van der Waals surface area contributed by atoms with Crippen LogP contribution in [-0.4, -0.2) is 25.2 Å². The molecule has 0 saturated carbocycles. The molecule has 0 spiro atoms. The van der Waals surface area contributed by atoms with Gasteiger partial charge < -0.3 is 10.1 Å². The van der Waals surface area contributed by atoms with Crippen LogP contribution in [0.5, 0.6) is 0 Å². The summed E-state index contributed by atoms with van der Waals surface area (Å²) >= 11 is 9.23. The summed E-state index contributed by atoms with van der Waals surface area (Å²) in [6.07, 6.45) is 0. The van der Waals surface area contributed by atoms with E-state index >= 15 is 0 Å². The molecule has 15 heavy (non-hydrogen) atoms. The number of carbonyl (C=O) groups excluding carboxylic acids is 1. The van der Waals surface area contributed by atoms with Crippen LogP contribution in [0.4, 0.5) is 0 Å². The molecule has 3 nitrogen and oxygen atoms in total. The highest BCUT2D eigenvalue weighted by molar-refractivity contribution is 9.10. The van der Waals surface area contributed by atoms with E-state index in [2.05, 4.69) is 21.2 Å². The zero-order chi connectivity index (χ0) is 10.8. The maximum atomic E-state index is 11.7. The van der Waals surface area contributed by atoms with Crippen molar-refractivity contribution in [1.82, 2.24) is 5.32 Å². The minimum Gasteiger partial charge on any atom is -0.377 e. The van der Waals surface area contributed by atoms with Crippen LogP contribution in [0.2, 0.25) is 5.02 Å². The van der Waals surface area contributed by atoms with E-state index in [1.807, 2.05) is 0 Å². The predicted octanol–water partition coefficient (Wildman–Crippen LogP) is 2.23. The van der Waals surface area contributed by atoms with Crippen LogP contribution in [-0.2, 0) is 4.74 Å². The predicted molar refractivity (Wildman–Crippen MR) is 61.2 cm³/mol. The zero-order valence-electron chi connectivity index (χ0n) is 7.80. The van der Waals surface area contributed by atoms with E-state index in [1.165, 1.54) is 0 Å². The molecule has 0 atom stereocenters. The van der Waals surface area contributed by atoms with Gasteiger partial charge in [0.2, 0.25) is 0 Å². The first kappa shape index (κ1) is 10.9. The van der Waals surface area contributed by atoms with Gasteiger partial charge in [0.1, 0.15) is 0 Å². The van der Waals surface area contributed by atoms with Gasteiger partial charge in [-0.25, -0.2) is 0 Å². The number of ether oxygens (including phenoxy) is 1. The largest absolute Gasteiger partial charge is 0.377 e. The van der Waals surface area contributed by atoms with Gasteiger partial charge in [0.05, 0.1) is 29.8 Å². The highest BCUT2D eigenvalue weighted by atomic mass is 79.9. The number of hydrogen-bond donors (Lipinski definition) is 1. The van der Waals surface area contributed by atoms with Crippen molar-refractivity contribution in [3.05, 3.63) is 33.3 Å². The van der Waals surface area contributed by atoms with E-state index in [0.717, 1.165) is 4.47 Å². The van der Waals surface area contributed by atoms with Crippen LogP contribution in [0.25, 0.3) is 0 Å². The van der Waals surface area contributed by atoms with Gasteiger partial charge in [0, 0.05) is 4.47 Å². The third kappa shape index (κ3) is 2.51. The number of amides is 1. The SMILES string of the molecule is O=C(NC1COC1)c1ccc(Br)cc1Cl. The van der Waals surface area contributed by atoms with Crippen molar-refractivity contribution in [2.75, 3.05) is 13.2 Å². The molecule has 1 N–H and O–H groups in total. The summed E-state index contributed by atoms with van der Waals surface area (Å²) in [5.41, 5.74) is 0.492. The lowest BCUT2D eigenvalue weighted by atomic mass is 10.2. The second-order valence-electron chi connectivity index (χ2n) is 3.33. The number of nitrogens with one attached hydrogen (secondary N) is 1. The van der Waals surface area contributed by atoms with Gasteiger partial charge in [0.25, 0.3) is 5.91 Å². The summed E-state index contributed by atoms with van der Waals surface area (Å²) in [5.74, 6) is -0.152. The van der Waals surface area contributed by atoms with Gasteiger partial charge in [-0.3, -0.25) is 4.79 Å². The highest BCUT2D eigenvalue weighted by Crippen LogP contribution is 2.21. The number of rotatable bonds is 2. The fourth-order valence-electron chi connectivity index (χ4n) is 1.26. The van der Waals surface area contributed by atoms with Crippen molar-refractivity contribution in [2.45, 2.75) is 6.04 Å². The molecular weight excluding hydrogens is 281 g/mol. The first-order valence-corrected chi connectivity index (χ1v) is 5.67. The van der Waals surface area contributed by atoms with E-state index in [-0.39, 0.29) is 11.9 Å². The smallest absolute Gasteiger partial charge is 0.253 e. The summed E-state index contributed by atoms with van der Waals surface area (Å²) in [6, 6.07) is 5.31. The van der Waals surface area contributed by atoms with Crippen molar-refractivity contribution >= 4 is 33.4 Å². The zero-order valence-corrected chi connectivity index (χ0v) is 10.1. The number of hydrogen-bond acceptors (Lipinski definition) is 2. The van der Waals surface area contributed by atoms with E-state index in [0.29, 0.717) is 23.8 Å². The van der Waals surface area contributed by atoms with Gasteiger partial charge >= 0.3 is 0 Å². The Bertz CT molecular complexity index is 393. The standard InChI is InChI=1S/C10H9BrClNO2/c11-6-1-2-8(9(12)3-6)10(14)13-7-4-15-5-7/h1-3,7H,4-5H2,(H,13,14). The average molecular weight is 291 g/mol. The molecule has 0 bridgehead atoms. The lowest BCUT2D eigenvalue weighted by Gasteiger charge is -2.26. The van der Waals surface area contributed by atoms with Crippen LogP contribution in [0, 0.1) is 0 Å². The van der Waals surface area contributed by atoms with Crippen LogP contribution >= 0.6 is 27.5 Å². The summed E-state index contributed by atoms with van der Waals surface area (Å²) in [4.78, 5) is 11.7. The topological polar surface area (TPSA) is 38.3 Å². The molecule has 1 heterocycles. The fourth-order valence-corrected chi connectivity index (χ4v) is 2.02. The Kier molecular flexibility index (Phi) is 3.29. The monoisotopic (exact) mass is 289 g/mol. The molecule has 1 fully saturated rings. The second kappa shape index (κ2) is 4.51. The quantitative estimate of drug-likeness (QED) is 0.907. The summed E-state index contributed by atoms with van der Waals surface area (Å²) in [7, 11) is 0. The molecule has 2 rings (SSSR count). The van der Waals surface area contributed by atoms with E-state index < -0.39 is 0 Å². The van der Waals surface area contributed by atoms with Crippen molar-refractivity contribution in [1.29, 1.82) is 0 Å². The van der Waals surface area contributed by atoms with E-state index in [4.69, 9.17) is 16.3 Å². The first-order chi connectivity index (χ1) is 7.16. The number of benzene rings is 1. The molecule has 1 amide bonds. The third-order valence-electron chi connectivity index (χ3n) is 2.15. The molecule has 0 radical (unpaired) electrons. The Morgan fingerprint density at radius 1 is 1.53 bits per heavy atom. The Morgan fingerprint density at radius 3 is 2.80 bits per heavy atom. The Hall–Kier alpha value is -0.580. The first-order valence-electron chi connectivity index (χ1n) is 4.50. The van der Waals surface area contributed by atoms with Crippen molar-refractivity contribution < 1.29 is 9.53 Å². The molecule has 1 aromatic carbocycles. The Morgan fingerprint density at radius 2 is 2.27 bits per heavy atom. The van der Waals surface area contributed by atoms with Crippen molar-refractivity contribution in [3.8, 4) is 0 Å². The lowest BCUT2D eigenvalue weighted by Crippen LogP contribution is -2.48. The van der Waals surface area contributed by atoms with Crippen LogP contribution in [0.15, 0.2) is 22.7 Å². The molecule has 1 aliphatic heterocycles. The van der Waals surface area contributed by atoms with E-state index in [1.54, 1.807) is 18.2 Å². The second-order valence-corrected chi connectivity index (χ2v) is 4.65. The van der Waals surface area contributed by atoms with Gasteiger partial charge in [0.15, 0.2) is 0 Å². The molecule has 0 aliphatic carbocycles. The molecule has 0 aromatic heterocycles. The molecular formula is C10H9BrClNO2. The van der Waals surface area contributed by atoms with Gasteiger partial charge in [-0.15, -0.1) is 0 Å². The van der Waals surface area contributed by atoms with Crippen molar-refractivity contribution in [2.24, 2.45) is 0 Å². The molecule has 1 saturated heterocycles. The average Bonchev–Trinajstić information content (AvgIpc) is 2.11. The molecule has 5 heteroatoms. The normalized spacial score (nSPS) is 15.9. The Labute approximate surface area is 101 Å². The molecule has 0 unspecified atom stereocenters. The van der Waals surface area contributed by atoms with Gasteiger partial charge in [-0.05, 0) is 18.2 Å². The summed E-state index contributed by atoms with van der Waals surface area (Å²) < 4.78 is 5.82. The Balaban J connectivity index is 2.10. The highest BCUT2D eigenvalue weighted by Gasteiger charge is 2.21. The third-order valence-corrected chi connectivity index (χ3v) is 2.96. The maximum Gasteiger partial charge on any atom is 0.253 e. The maximum absolute atomic E-state index is 11.7. The molecule has 80 valence electrons. The molecule has 1 aromatic rings. The van der Waals surface area contributed by atoms with Gasteiger partial charge in [-0.2, -0.15) is 0 Å². The van der Waals surface area contributed by atoms with Crippen molar-refractivity contribution in [3.63, 3.8) is 0 Å². The minimum absolute atomic E-state index is 0.122. The molecule has 1 aliphatic rings. The fraction of sp³-hybridized carbons (Fsp3) is 0.300. The summed E-state index contributed by atoms with van der Waals surface area (Å²) in [6.45, 7) is 1.17. The lowest BCUT2D eigenvalue weighted by molar-refractivity contribution is -0.00346. The van der Waals surface area contributed by atoms with Crippen LogP contribution < -0.4 is 5.32 Å². The number of halogens is 2.